The monoisotopic (exact) mass is 405 g/mol. The first-order valence-corrected chi connectivity index (χ1v) is 9.62. The van der Waals surface area contributed by atoms with Crippen molar-refractivity contribution in [1.82, 2.24) is 14.6 Å². The molecule has 0 aliphatic carbocycles. The van der Waals surface area contributed by atoms with Gasteiger partial charge in [0.1, 0.15) is 6.07 Å². The number of anilines is 1. The van der Waals surface area contributed by atoms with Crippen molar-refractivity contribution >= 4 is 23.2 Å². The van der Waals surface area contributed by atoms with Crippen LogP contribution in [0.2, 0.25) is 0 Å². The number of hydrogen-bond acceptors (Lipinski definition) is 6. The van der Waals surface area contributed by atoms with E-state index in [0.717, 1.165) is 28.3 Å². The SMILES string of the molecule is Cc1cc2nc(C)c(CCC(=O)O[C@H](C)C(=O)Nc3ccccc3C#N)c(C)n2n1. The van der Waals surface area contributed by atoms with Gasteiger partial charge in [-0.15, -0.1) is 0 Å². The number of nitriles is 1. The number of ether oxygens (including phenoxy) is 1. The molecule has 0 aliphatic rings. The molecule has 0 fully saturated rings. The molecule has 0 unspecified atom stereocenters. The average molecular weight is 405 g/mol. The molecular formula is C22H23N5O3. The largest absolute Gasteiger partial charge is 0.453 e. The Kier molecular flexibility index (Phi) is 6.11. The maximum absolute atomic E-state index is 12.3. The molecule has 3 rings (SSSR count). The van der Waals surface area contributed by atoms with E-state index in [9.17, 15) is 9.59 Å². The first kappa shape index (κ1) is 21.0. The van der Waals surface area contributed by atoms with Crippen molar-refractivity contribution in [2.75, 3.05) is 5.32 Å². The van der Waals surface area contributed by atoms with E-state index in [4.69, 9.17) is 10.00 Å². The number of nitrogens with one attached hydrogen (secondary N) is 1. The van der Waals surface area contributed by atoms with Crippen molar-refractivity contribution in [2.45, 2.75) is 46.6 Å². The Hall–Kier alpha value is -3.73. The van der Waals surface area contributed by atoms with Crippen molar-refractivity contribution in [1.29, 1.82) is 5.26 Å². The third-order valence-corrected chi connectivity index (χ3v) is 4.85. The molecule has 8 nitrogen and oxygen atoms in total. The molecule has 30 heavy (non-hydrogen) atoms. The maximum atomic E-state index is 12.3. The number of esters is 1. The van der Waals surface area contributed by atoms with E-state index in [1.54, 1.807) is 28.8 Å². The Labute approximate surface area is 174 Å². The van der Waals surface area contributed by atoms with Crippen molar-refractivity contribution in [3.8, 4) is 6.07 Å². The summed E-state index contributed by atoms with van der Waals surface area (Å²) in [6, 6.07) is 10.6. The van der Waals surface area contributed by atoms with Crippen LogP contribution in [0.1, 0.15) is 41.6 Å². The highest BCUT2D eigenvalue weighted by Crippen LogP contribution is 2.18. The Morgan fingerprint density at radius 2 is 2.00 bits per heavy atom. The Morgan fingerprint density at radius 1 is 1.27 bits per heavy atom. The van der Waals surface area contributed by atoms with Gasteiger partial charge in [-0.25, -0.2) is 9.50 Å². The second-order valence-electron chi connectivity index (χ2n) is 7.10. The van der Waals surface area contributed by atoms with E-state index >= 15 is 0 Å². The molecule has 154 valence electrons. The second kappa shape index (κ2) is 8.74. The predicted molar refractivity (Wildman–Crippen MR) is 111 cm³/mol. The van der Waals surface area contributed by atoms with E-state index in [0.29, 0.717) is 17.7 Å². The molecule has 0 bridgehead atoms. The first-order valence-electron chi connectivity index (χ1n) is 9.62. The van der Waals surface area contributed by atoms with Gasteiger partial charge in [-0.2, -0.15) is 10.4 Å². The number of amides is 1. The summed E-state index contributed by atoms with van der Waals surface area (Å²) in [4.78, 5) is 29.2. The van der Waals surface area contributed by atoms with E-state index in [-0.39, 0.29) is 6.42 Å². The number of carbonyl (C=O) groups excluding carboxylic acids is 2. The highest BCUT2D eigenvalue weighted by Gasteiger charge is 2.20. The van der Waals surface area contributed by atoms with Crippen LogP contribution in [0, 0.1) is 32.1 Å². The number of para-hydroxylation sites is 1. The zero-order chi connectivity index (χ0) is 21.8. The third kappa shape index (κ3) is 4.46. The van der Waals surface area contributed by atoms with Gasteiger partial charge in [-0.3, -0.25) is 9.59 Å². The molecule has 1 amide bonds. The third-order valence-electron chi connectivity index (χ3n) is 4.85. The standard InChI is InChI=1S/C22H23N5O3/c1-13-11-20-24-14(2)18(15(3)27(20)26-13)9-10-21(28)30-16(4)22(29)25-19-8-6-5-7-17(19)12-23/h5-8,11,16H,9-10H2,1-4H3,(H,25,29)/t16-/m1/s1. The summed E-state index contributed by atoms with van der Waals surface area (Å²) in [5.41, 5.74) is 5.07. The van der Waals surface area contributed by atoms with Crippen LogP contribution in [0.25, 0.3) is 5.65 Å². The fourth-order valence-electron chi connectivity index (χ4n) is 3.26. The molecule has 0 spiro atoms. The van der Waals surface area contributed by atoms with E-state index in [1.807, 2.05) is 32.9 Å². The summed E-state index contributed by atoms with van der Waals surface area (Å²) in [5, 5.41) is 16.2. The zero-order valence-electron chi connectivity index (χ0n) is 17.4. The van der Waals surface area contributed by atoms with Crippen molar-refractivity contribution in [2.24, 2.45) is 0 Å². The zero-order valence-corrected chi connectivity index (χ0v) is 17.4. The molecule has 3 aromatic rings. The van der Waals surface area contributed by atoms with E-state index in [1.165, 1.54) is 6.92 Å². The van der Waals surface area contributed by atoms with E-state index in [2.05, 4.69) is 15.4 Å². The number of fused-ring (bicyclic) bond motifs is 1. The average Bonchev–Trinajstić information content (AvgIpc) is 3.08. The number of rotatable bonds is 6. The van der Waals surface area contributed by atoms with Gasteiger partial charge in [0.2, 0.25) is 0 Å². The molecule has 2 heterocycles. The lowest BCUT2D eigenvalue weighted by Crippen LogP contribution is -2.30. The normalized spacial score (nSPS) is 11.7. The van der Waals surface area contributed by atoms with Crippen molar-refractivity contribution in [3.05, 3.63) is 58.5 Å². The molecule has 1 aromatic carbocycles. The summed E-state index contributed by atoms with van der Waals surface area (Å²) in [6.07, 6.45) is -0.438. The van der Waals surface area contributed by atoms with Crippen molar-refractivity contribution in [3.63, 3.8) is 0 Å². The summed E-state index contributed by atoms with van der Waals surface area (Å²) in [6.45, 7) is 7.25. The van der Waals surface area contributed by atoms with Crippen LogP contribution in [0.5, 0.6) is 0 Å². The number of aromatic nitrogens is 3. The van der Waals surface area contributed by atoms with Crippen molar-refractivity contribution < 1.29 is 14.3 Å². The molecule has 0 radical (unpaired) electrons. The van der Waals surface area contributed by atoms with Crippen LogP contribution in [0.15, 0.2) is 30.3 Å². The fourth-order valence-corrected chi connectivity index (χ4v) is 3.26. The van der Waals surface area contributed by atoms with Gasteiger partial charge in [0, 0.05) is 23.9 Å². The minimum Gasteiger partial charge on any atom is -0.453 e. The van der Waals surface area contributed by atoms with Crippen LogP contribution in [-0.2, 0) is 20.7 Å². The highest BCUT2D eigenvalue weighted by atomic mass is 16.5. The maximum Gasteiger partial charge on any atom is 0.306 e. The van der Waals surface area contributed by atoms with Gasteiger partial charge < -0.3 is 10.1 Å². The first-order chi connectivity index (χ1) is 14.3. The topological polar surface area (TPSA) is 109 Å². The summed E-state index contributed by atoms with van der Waals surface area (Å²) < 4.78 is 7.04. The van der Waals surface area contributed by atoms with Gasteiger partial charge in [-0.1, -0.05) is 12.1 Å². The molecule has 8 heteroatoms. The fraction of sp³-hybridized carbons (Fsp3) is 0.318. The lowest BCUT2D eigenvalue weighted by atomic mass is 10.1. The summed E-state index contributed by atoms with van der Waals surface area (Å²) in [5.74, 6) is -0.977. The van der Waals surface area contributed by atoms with Gasteiger partial charge in [0.05, 0.1) is 16.9 Å². The molecule has 1 atom stereocenters. The second-order valence-corrected chi connectivity index (χ2v) is 7.10. The van der Waals surface area contributed by atoms with E-state index < -0.39 is 18.0 Å². The quantitative estimate of drug-likeness (QED) is 0.631. The lowest BCUT2D eigenvalue weighted by Gasteiger charge is -2.15. The van der Waals surface area contributed by atoms with Gasteiger partial charge in [0.25, 0.3) is 5.91 Å². The highest BCUT2D eigenvalue weighted by molar-refractivity contribution is 5.96. The number of hydrogen-bond donors (Lipinski definition) is 1. The number of benzene rings is 1. The van der Waals surface area contributed by atoms with Gasteiger partial charge in [0.15, 0.2) is 11.8 Å². The van der Waals surface area contributed by atoms with Crippen LogP contribution >= 0.6 is 0 Å². The minimum atomic E-state index is -0.985. The Bertz CT molecular complexity index is 1160. The summed E-state index contributed by atoms with van der Waals surface area (Å²) >= 11 is 0. The van der Waals surface area contributed by atoms with Crippen LogP contribution in [0.4, 0.5) is 5.69 Å². The smallest absolute Gasteiger partial charge is 0.306 e. The minimum absolute atomic E-state index is 0.113. The molecule has 0 saturated carbocycles. The molecule has 1 N–H and O–H groups in total. The Balaban J connectivity index is 1.61. The Morgan fingerprint density at radius 3 is 2.73 bits per heavy atom. The number of carbonyl (C=O) groups is 2. The predicted octanol–water partition coefficient (Wildman–Crippen LogP) is 3.03. The molecule has 2 aromatic heterocycles. The number of aryl methyl sites for hydroxylation is 3. The van der Waals surface area contributed by atoms with Gasteiger partial charge >= 0.3 is 5.97 Å². The van der Waals surface area contributed by atoms with Gasteiger partial charge in [-0.05, 0) is 51.8 Å². The van der Waals surface area contributed by atoms with Crippen LogP contribution in [-0.4, -0.2) is 32.6 Å². The lowest BCUT2D eigenvalue weighted by molar-refractivity contribution is -0.153. The van der Waals surface area contributed by atoms with Crippen LogP contribution in [0.3, 0.4) is 0 Å². The summed E-state index contributed by atoms with van der Waals surface area (Å²) in [7, 11) is 0. The molecule has 0 saturated heterocycles. The molecule has 0 aliphatic heterocycles. The van der Waals surface area contributed by atoms with Crippen LogP contribution < -0.4 is 5.32 Å². The number of nitrogens with zero attached hydrogens (tertiary/aromatic N) is 4. The molecular weight excluding hydrogens is 382 g/mol.